The van der Waals surface area contributed by atoms with Gasteiger partial charge < -0.3 is 10.2 Å². The second-order valence-corrected chi connectivity index (χ2v) is 7.18. The van der Waals surface area contributed by atoms with Gasteiger partial charge in [-0.05, 0) is 64.2 Å². The lowest BCUT2D eigenvalue weighted by Crippen LogP contribution is -2.42. The van der Waals surface area contributed by atoms with Crippen molar-refractivity contribution in [1.82, 2.24) is 0 Å². The molecule has 1 fully saturated rings. The standard InChI is InChI=1S/C15H26O2/c1-13(2,16)11-5-6-14(3)7-8-15(4,17)10-12(14)9-11/h10-11,16-17H,5-9H2,1-4H3. The van der Waals surface area contributed by atoms with Gasteiger partial charge in [0.05, 0.1) is 11.2 Å². The second kappa shape index (κ2) is 3.83. The van der Waals surface area contributed by atoms with Gasteiger partial charge >= 0.3 is 0 Å². The summed E-state index contributed by atoms with van der Waals surface area (Å²) in [7, 11) is 0. The number of hydrogen-bond acceptors (Lipinski definition) is 2. The summed E-state index contributed by atoms with van der Waals surface area (Å²) in [6, 6.07) is 0. The smallest absolute Gasteiger partial charge is 0.0802 e. The Kier molecular flexibility index (Phi) is 2.95. The van der Waals surface area contributed by atoms with Crippen LogP contribution in [0, 0.1) is 11.3 Å². The molecule has 3 atom stereocenters. The summed E-state index contributed by atoms with van der Waals surface area (Å²) in [6.07, 6.45) is 7.18. The normalized spacial score (nSPS) is 42.9. The number of hydrogen-bond donors (Lipinski definition) is 2. The van der Waals surface area contributed by atoms with Crippen molar-refractivity contribution >= 4 is 0 Å². The van der Waals surface area contributed by atoms with Crippen molar-refractivity contribution in [2.24, 2.45) is 11.3 Å². The van der Waals surface area contributed by atoms with Crippen LogP contribution >= 0.6 is 0 Å². The van der Waals surface area contributed by atoms with Crippen LogP contribution in [-0.4, -0.2) is 21.4 Å². The van der Waals surface area contributed by atoms with E-state index in [1.807, 2.05) is 20.8 Å². The molecule has 0 heterocycles. The first-order valence-electron chi connectivity index (χ1n) is 6.79. The van der Waals surface area contributed by atoms with Crippen LogP contribution < -0.4 is 0 Å². The number of fused-ring (bicyclic) bond motifs is 1. The number of allylic oxidation sites excluding steroid dienone is 1. The van der Waals surface area contributed by atoms with Crippen LogP contribution in [0.1, 0.15) is 59.8 Å². The van der Waals surface area contributed by atoms with Crippen molar-refractivity contribution in [3.05, 3.63) is 11.6 Å². The highest BCUT2D eigenvalue weighted by Gasteiger charge is 2.43. The van der Waals surface area contributed by atoms with E-state index in [-0.39, 0.29) is 5.41 Å². The Balaban J connectivity index is 2.24. The van der Waals surface area contributed by atoms with Crippen molar-refractivity contribution in [3.8, 4) is 0 Å². The minimum atomic E-state index is -0.643. The molecular weight excluding hydrogens is 212 g/mol. The third-order valence-corrected chi connectivity index (χ3v) is 4.95. The second-order valence-electron chi connectivity index (χ2n) is 7.18. The average molecular weight is 238 g/mol. The summed E-state index contributed by atoms with van der Waals surface area (Å²) >= 11 is 0. The third-order valence-electron chi connectivity index (χ3n) is 4.95. The van der Waals surface area contributed by atoms with Gasteiger partial charge in [-0.1, -0.05) is 18.6 Å². The van der Waals surface area contributed by atoms with Gasteiger partial charge in [-0.3, -0.25) is 0 Å². The Morgan fingerprint density at radius 3 is 2.47 bits per heavy atom. The molecule has 0 spiro atoms. The van der Waals surface area contributed by atoms with Crippen molar-refractivity contribution in [2.75, 3.05) is 0 Å². The quantitative estimate of drug-likeness (QED) is 0.689. The van der Waals surface area contributed by atoms with E-state index in [0.29, 0.717) is 5.92 Å². The van der Waals surface area contributed by atoms with E-state index in [4.69, 9.17) is 0 Å². The highest BCUT2D eigenvalue weighted by Crippen LogP contribution is 2.52. The van der Waals surface area contributed by atoms with Crippen molar-refractivity contribution in [2.45, 2.75) is 71.0 Å². The molecule has 0 aromatic heterocycles. The first-order valence-corrected chi connectivity index (χ1v) is 6.79. The lowest BCUT2D eigenvalue weighted by Gasteiger charge is -2.48. The minimum Gasteiger partial charge on any atom is -0.390 e. The molecule has 0 aromatic carbocycles. The first-order chi connectivity index (χ1) is 7.62. The predicted molar refractivity (Wildman–Crippen MR) is 69.7 cm³/mol. The molecule has 2 N–H and O–H groups in total. The summed E-state index contributed by atoms with van der Waals surface area (Å²) in [4.78, 5) is 0. The molecule has 2 aliphatic carbocycles. The van der Waals surface area contributed by atoms with E-state index >= 15 is 0 Å². The summed E-state index contributed by atoms with van der Waals surface area (Å²) in [5, 5.41) is 20.3. The molecule has 2 aliphatic rings. The molecule has 0 aromatic rings. The molecular formula is C15H26O2. The summed E-state index contributed by atoms with van der Waals surface area (Å²) < 4.78 is 0. The van der Waals surface area contributed by atoms with E-state index < -0.39 is 11.2 Å². The third kappa shape index (κ3) is 2.58. The summed E-state index contributed by atoms with van der Waals surface area (Å²) in [6.45, 7) is 8.02. The van der Waals surface area contributed by atoms with Crippen molar-refractivity contribution < 1.29 is 10.2 Å². The molecule has 17 heavy (non-hydrogen) atoms. The van der Waals surface area contributed by atoms with Crippen LogP contribution in [0.15, 0.2) is 11.6 Å². The fourth-order valence-corrected chi connectivity index (χ4v) is 3.37. The van der Waals surface area contributed by atoms with Crippen molar-refractivity contribution in [1.29, 1.82) is 0 Å². The molecule has 0 saturated heterocycles. The van der Waals surface area contributed by atoms with E-state index in [1.54, 1.807) is 0 Å². The van der Waals surface area contributed by atoms with Crippen LogP contribution in [0.25, 0.3) is 0 Å². The van der Waals surface area contributed by atoms with E-state index in [9.17, 15) is 10.2 Å². The van der Waals surface area contributed by atoms with Crippen LogP contribution in [0.4, 0.5) is 0 Å². The lowest BCUT2D eigenvalue weighted by atomic mass is 9.59. The van der Waals surface area contributed by atoms with Gasteiger partial charge in [-0.2, -0.15) is 0 Å². The molecule has 0 bridgehead atoms. The molecule has 0 aliphatic heterocycles. The highest BCUT2D eigenvalue weighted by atomic mass is 16.3. The first kappa shape index (κ1) is 13.1. The van der Waals surface area contributed by atoms with Gasteiger partial charge in [0, 0.05) is 0 Å². The molecule has 98 valence electrons. The van der Waals surface area contributed by atoms with E-state index in [0.717, 1.165) is 32.1 Å². The maximum Gasteiger partial charge on any atom is 0.0802 e. The van der Waals surface area contributed by atoms with E-state index in [2.05, 4.69) is 13.0 Å². The van der Waals surface area contributed by atoms with Crippen molar-refractivity contribution in [3.63, 3.8) is 0 Å². The number of aliphatic hydroxyl groups is 2. The molecule has 1 saturated carbocycles. The topological polar surface area (TPSA) is 40.5 Å². The Labute approximate surface area is 105 Å². The Bertz CT molecular complexity index is 335. The fraction of sp³-hybridized carbons (Fsp3) is 0.867. The van der Waals surface area contributed by atoms with Crippen LogP contribution in [0.3, 0.4) is 0 Å². The monoisotopic (exact) mass is 238 g/mol. The molecule has 2 rings (SSSR count). The van der Waals surface area contributed by atoms with Gasteiger partial charge in [0.15, 0.2) is 0 Å². The maximum atomic E-state index is 10.2. The molecule has 0 radical (unpaired) electrons. The summed E-state index contributed by atoms with van der Waals surface area (Å²) in [5.74, 6) is 0.329. The lowest BCUT2D eigenvalue weighted by molar-refractivity contribution is -0.0112. The van der Waals surface area contributed by atoms with Gasteiger partial charge in [0.25, 0.3) is 0 Å². The van der Waals surface area contributed by atoms with Gasteiger partial charge in [-0.25, -0.2) is 0 Å². The Morgan fingerprint density at radius 1 is 1.24 bits per heavy atom. The van der Waals surface area contributed by atoms with Gasteiger partial charge in [0.1, 0.15) is 0 Å². The van der Waals surface area contributed by atoms with E-state index in [1.165, 1.54) is 5.57 Å². The molecule has 3 unspecified atom stereocenters. The maximum absolute atomic E-state index is 10.2. The van der Waals surface area contributed by atoms with Gasteiger partial charge in [0.2, 0.25) is 0 Å². The molecule has 2 heteroatoms. The van der Waals surface area contributed by atoms with Crippen LogP contribution in [0.5, 0.6) is 0 Å². The average Bonchev–Trinajstić information content (AvgIpc) is 2.16. The Hall–Kier alpha value is -0.340. The SMILES string of the molecule is CC1(O)C=C2CC(C(C)(C)O)CCC2(C)CC1. The zero-order valence-corrected chi connectivity index (χ0v) is 11.6. The zero-order valence-electron chi connectivity index (χ0n) is 11.6. The van der Waals surface area contributed by atoms with Crippen LogP contribution in [-0.2, 0) is 0 Å². The Morgan fingerprint density at radius 2 is 1.88 bits per heavy atom. The minimum absolute atomic E-state index is 0.268. The zero-order chi connectivity index (χ0) is 12.9. The van der Waals surface area contributed by atoms with Crippen LogP contribution in [0.2, 0.25) is 0 Å². The van der Waals surface area contributed by atoms with Gasteiger partial charge in [-0.15, -0.1) is 0 Å². The largest absolute Gasteiger partial charge is 0.390 e. The fourth-order valence-electron chi connectivity index (χ4n) is 3.37. The molecule has 2 nitrogen and oxygen atoms in total. The predicted octanol–water partition coefficient (Wildman–Crippen LogP) is 3.03. The number of rotatable bonds is 1. The molecule has 0 amide bonds. The summed E-state index contributed by atoms with van der Waals surface area (Å²) in [5.41, 5.74) is 0.387. The highest BCUT2D eigenvalue weighted by molar-refractivity contribution is 5.25.